The van der Waals surface area contributed by atoms with Crippen LogP contribution in [0, 0.1) is 18.8 Å². The van der Waals surface area contributed by atoms with Gasteiger partial charge in [-0.05, 0) is 61.9 Å². The maximum atomic E-state index is 12.9. The third-order valence-corrected chi connectivity index (χ3v) is 6.85. The molecule has 0 spiro atoms. The molecule has 4 rings (SSSR count). The fourth-order valence-electron chi connectivity index (χ4n) is 4.88. The Bertz CT molecular complexity index is 943. The number of amides is 3. The molecule has 1 aromatic heterocycles. The Hall–Kier alpha value is -2.93. The van der Waals surface area contributed by atoms with Crippen LogP contribution in [-0.2, 0) is 11.3 Å². The summed E-state index contributed by atoms with van der Waals surface area (Å²) in [6, 6.07) is 13.9. The summed E-state index contributed by atoms with van der Waals surface area (Å²) >= 11 is 0. The van der Waals surface area contributed by atoms with Crippen molar-refractivity contribution in [3.05, 3.63) is 59.9 Å². The van der Waals surface area contributed by atoms with Crippen LogP contribution in [0.5, 0.6) is 0 Å². The summed E-state index contributed by atoms with van der Waals surface area (Å²) in [6.07, 6.45) is 4.21. The fraction of sp³-hybridized carbons (Fsp3) is 0.500. The lowest BCUT2D eigenvalue weighted by Gasteiger charge is -2.38. The van der Waals surface area contributed by atoms with Gasteiger partial charge in [0.05, 0.1) is 5.69 Å². The molecule has 2 aliphatic heterocycles. The number of carbonyl (C=O) groups excluding carboxylic acids is 2. The molecule has 2 saturated heterocycles. The number of carbonyl (C=O) groups is 2. The lowest BCUT2D eigenvalue weighted by atomic mass is 9.91. The normalized spacial score (nSPS) is 22.1. The van der Waals surface area contributed by atoms with Crippen LogP contribution in [-0.4, -0.2) is 58.9 Å². The Morgan fingerprint density at radius 2 is 1.88 bits per heavy atom. The van der Waals surface area contributed by atoms with Crippen molar-refractivity contribution < 1.29 is 9.59 Å². The first-order valence-electron chi connectivity index (χ1n) is 12.0. The Balaban J connectivity index is 1.20. The molecule has 2 atom stereocenters. The van der Waals surface area contributed by atoms with E-state index in [1.54, 1.807) is 0 Å². The minimum atomic E-state index is -0.0895. The van der Waals surface area contributed by atoms with E-state index >= 15 is 0 Å². The molecule has 3 heterocycles. The van der Waals surface area contributed by atoms with Crippen molar-refractivity contribution in [2.24, 2.45) is 11.8 Å². The molecular weight excluding hydrogens is 414 g/mol. The fourth-order valence-corrected chi connectivity index (χ4v) is 4.88. The Morgan fingerprint density at radius 3 is 2.58 bits per heavy atom. The molecule has 0 aliphatic carbocycles. The number of aryl methyl sites for hydroxylation is 1. The van der Waals surface area contributed by atoms with Crippen molar-refractivity contribution in [3.63, 3.8) is 0 Å². The highest BCUT2D eigenvalue weighted by Gasteiger charge is 2.32. The number of hydrogen-bond acceptors (Lipinski definition) is 4. The number of benzene rings is 1. The lowest BCUT2D eigenvalue weighted by molar-refractivity contribution is -0.127. The van der Waals surface area contributed by atoms with Crippen LogP contribution in [0.25, 0.3) is 0 Å². The number of nitrogens with zero attached hydrogens (tertiary/aromatic N) is 3. The highest BCUT2D eigenvalue weighted by molar-refractivity contribution is 5.89. The van der Waals surface area contributed by atoms with Gasteiger partial charge in [-0.3, -0.25) is 14.7 Å². The number of anilines is 1. The van der Waals surface area contributed by atoms with Gasteiger partial charge in [0.2, 0.25) is 5.91 Å². The number of nitrogens with one attached hydrogen (secondary N) is 2. The number of hydrogen-bond donors (Lipinski definition) is 2. The van der Waals surface area contributed by atoms with Gasteiger partial charge in [0.1, 0.15) is 0 Å². The molecular formula is C26H35N5O2. The molecule has 0 saturated carbocycles. The molecule has 2 aromatic rings. The number of piperidine rings is 2. The van der Waals surface area contributed by atoms with Gasteiger partial charge in [0, 0.05) is 56.6 Å². The van der Waals surface area contributed by atoms with Crippen LogP contribution >= 0.6 is 0 Å². The second kappa shape index (κ2) is 10.8. The minimum absolute atomic E-state index is 0.0215. The van der Waals surface area contributed by atoms with Gasteiger partial charge in [-0.25, -0.2) is 4.79 Å². The lowest BCUT2D eigenvalue weighted by Crippen LogP contribution is -2.52. The van der Waals surface area contributed by atoms with Gasteiger partial charge >= 0.3 is 6.03 Å². The SMILES string of the molecule is Cc1cccc(NC(=O)N2CCC(C(=O)NC3CCN(Cc4ccccn4)CC3C)CC2)c1. The summed E-state index contributed by atoms with van der Waals surface area (Å²) in [5.74, 6) is 0.516. The van der Waals surface area contributed by atoms with E-state index in [9.17, 15) is 9.59 Å². The molecule has 176 valence electrons. The number of urea groups is 1. The average Bonchev–Trinajstić information content (AvgIpc) is 2.81. The summed E-state index contributed by atoms with van der Waals surface area (Å²) in [5.41, 5.74) is 3.01. The molecule has 2 fully saturated rings. The largest absolute Gasteiger partial charge is 0.353 e. The van der Waals surface area contributed by atoms with Crippen molar-refractivity contribution in [1.82, 2.24) is 20.1 Å². The van der Waals surface area contributed by atoms with E-state index < -0.39 is 0 Å². The van der Waals surface area contributed by atoms with Crippen molar-refractivity contribution in [2.45, 2.75) is 45.7 Å². The van der Waals surface area contributed by atoms with Crippen LogP contribution in [0.4, 0.5) is 10.5 Å². The maximum Gasteiger partial charge on any atom is 0.321 e. The summed E-state index contributed by atoms with van der Waals surface area (Å²) in [4.78, 5) is 34.2. The van der Waals surface area contributed by atoms with E-state index in [0.29, 0.717) is 31.8 Å². The number of pyridine rings is 1. The maximum absolute atomic E-state index is 12.9. The predicted molar refractivity (Wildman–Crippen MR) is 130 cm³/mol. The second-order valence-corrected chi connectivity index (χ2v) is 9.50. The van der Waals surface area contributed by atoms with Gasteiger partial charge < -0.3 is 15.5 Å². The predicted octanol–water partition coefficient (Wildman–Crippen LogP) is 3.66. The first-order chi connectivity index (χ1) is 16.0. The number of aromatic nitrogens is 1. The van der Waals surface area contributed by atoms with Gasteiger partial charge in [-0.2, -0.15) is 0 Å². The van der Waals surface area contributed by atoms with E-state index in [2.05, 4.69) is 33.5 Å². The van der Waals surface area contributed by atoms with Crippen molar-refractivity contribution >= 4 is 17.6 Å². The van der Waals surface area contributed by atoms with E-state index in [-0.39, 0.29) is 23.9 Å². The summed E-state index contributed by atoms with van der Waals surface area (Å²) < 4.78 is 0. The second-order valence-electron chi connectivity index (χ2n) is 9.50. The van der Waals surface area contributed by atoms with Crippen LogP contribution in [0.2, 0.25) is 0 Å². The van der Waals surface area contributed by atoms with Crippen molar-refractivity contribution in [2.75, 3.05) is 31.5 Å². The number of rotatable bonds is 5. The zero-order valence-electron chi connectivity index (χ0n) is 19.7. The zero-order valence-corrected chi connectivity index (χ0v) is 19.7. The highest BCUT2D eigenvalue weighted by atomic mass is 16.2. The molecule has 7 nitrogen and oxygen atoms in total. The molecule has 3 amide bonds. The first-order valence-corrected chi connectivity index (χ1v) is 12.0. The van der Waals surface area contributed by atoms with Crippen LogP contribution in [0.3, 0.4) is 0 Å². The van der Waals surface area contributed by atoms with Crippen LogP contribution < -0.4 is 10.6 Å². The van der Waals surface area contributed by atoms with E-state index in [1.165, 1.54) is 0 Å². The third-order valence-electron chi connectivity index (χ3n) is 6.85. The molecule has 1 aromatic carbocycles. The monoisotopic (exact) mass is 449 g/mol. The summed E-state index contributed by atoms with van der Waals surface area (Å²) in [6.45, 7) is 8.21. The van der Waals surface area contributed by atoms with Crippen LogP contribution in [0.15, 0.2) is 48.7 Å². The Labute approximate surface area is 196 Å². The number of likely N-dealkylation sites (tertiary alicyclic amines) is 2. The van der Waals surface area contributed by atoms with Gasteiger partial charge in [-0.1, -0.05) is 25.1 Å². The molecule has 0 radical (unpaired) electrons. The highest BCUT2D eigenvalue weighted by Crippen LogP contribution is 2.22. The standard InChI is InChI=1S/C26H35N5O2/c1-19-6-5-8-22(16-19)28-26(33)31-14-9-21(10-15-31)25(32)29-24-11-13-30(17-20(24)2)18-23-7-3-4-12-27-23/h3-8,12,16,20-21,24H,9-11,13-15,17-18H2,1-2H3,(H,28,33)(H,29,32). The molecule has 2 unspecified atom stereocenters. The van der Waals surface area contributed by atoms with Gasteiger partial charge in [-0.15, -0.1) is 0 Å². The van der Waals surface area contributed by atoms with Crippen molar-refractivity contribution in [1.29, 1.82) is 0 Å². The van der Waals surface area contributed by atoms with Gasteiger partial charge in [0.25, 0.3) is 0 Å². The zero-order chi connectivity index (χ0) is 23.2. The van der Waals surface area contributed by atoms with Crippen LogP contribution in [0.1, 0.15) is 37.4 Å². The van der Waals surface area contributed by atoms with E-state index in [1.807, 2.05) is 54.4 Å². The minimum Gasteiger partial charge on any atom is -0.353 e. The van der Waals surface area contributed by atoms with Gasteiger partial charge in [0.15, 0.2) is 0 Å². The average molecular weight is 450 g/mol. The molecule has 0 bridgehead atoms. The smallest absolute Gasteiger partial charge is 0.321 e. The van der Waals surface area contributed by atoms with E-state index in [4.69, 9.17) is 0 Å². The van der Waals surface area contributed by atoms with Crippen molar-refractivity contribution in [3.8, 4) is 0 Å². The summed E-state index contributed by atoms with van der Waals surface area (Å²) in [7, 11) is 0. The topological polar surface area (TPSA) is 77.6 Å². The Morgan fingerprint density at radius 1 is 1.06 bits per heavy atom. The molecule has 7 heteroatoms. The third kappa shape index (κ3) is 6.32. The molecule has 2 aliphatic rings. The van der Waals surface area contributed by atoms with E-state index in [0.717, 1.165) is 43.0 Å². The Kier molecular flexibility index (Phi) is 7.60. The first kappa shape index (κ1) is 23.2. The summed E-state index contributed by atoms with van der Waals surface area (Å²) in [5, 5.41) is 6.28. The molecule has 33 heavy (non-hydrogen) atoms. The molecule has 2 N–H and O–H groups in total. The quantitative estimate of drug-likeness (QED) is 0.730.